The molecule has 0 radical (unpaired) electrons. The number of aromatic nitrogens is 1. The topological polar surface area (TPSA) is 71.2 Å². The predicted molar refractivity (Wildman–Crippen MR) is 102 cm³/mol. The fraction of sp³-hybridized carbons (Fsp3) is 0.238. The van der Waals surface area contributed by atoms with Gasteiger partial charge < -0.3 is 15.0 Å². The van der Waals surface area contributed by atoms with E-state index in [0.29, 0.717) is 17.7 Å². The number of hydrogen-bond acceptors (Lipinski definition) is 3. The third kappa shape index (κ3) is 4.11. The Hall–Kier alpha value is -3.08. The van der Waals surface area contributed by atoms with Crippen LogP contribution in [0.25, 0.3) is 10.9 Å². The first kappa shape index (κ1) is 17.7. The minimum atomic E-state index is -0.172. The van der Waals surface area contributed by atoms with Crippen LogP contribution in [0.15, 0.2) is 59.4 Å². The lowest BCUT2D eigenvalue weighted by molar-refractivity contribution is -0.121. The number of rotatable bonds is 6. The van der Waals surface area contributed by atoms with Gasteiger partial charge in [0, 0.05) is 18.1 Å². The lowest BCUT2D eigenvalue weighted by Crippen LogP contribution is -2.27. The van der Waals surface area contributed by atoms with E-state index in [-0.39, 0.29) is 23.9 Å². The van der Waals surface area contributed by atoms with Crippen LogP contribution in [-0.4, -0.2) is 18.0 Å². The van der Waals surface area contributed by atoms with E-state index in [9.17, 15) is 9.59 Å². The molecule has 2 aromatic carbocycles. The van der Waals surface area contributed by atoms with Crippen molar-refractivity contribution in [2.75, 3.05) is 7.11 Å². The summed E-state index contributed by atoms with van der Waals surface area (Å²) in [5.41, 5.74) is 2.21. The normalized spacial score (nSPS) is 11.9. The molecule has 134 valence electrons. The highest BCUT2D eigenvalue weighted by molar-refractivity contribution is 5.81. The van der Waals surface area contributed by atoms with Crippen molar-refractivity contribution < 1.29 is 9.53 Å². The number of amides is 1. The Kier molecular flexibility index (Phi) is 5.37. The fourth-order valence-corrected chi connectivity index (χ4v) is 2.92. The van der Waals surface area contributed by atoms with E-state index in [0.717, 1.165) is 16.5 Å². The van der Waals surface area contributed by atoms with Gasteiger partial charge in [0.1, 0.15) is 5.75 Å². The van der Waals surface area contributed by atoms with Crippen molar-refractivity contribution in [3.05, 3.63) is 76.1 Å². The Balaban J connectivity index is 1.66. The van der Waals surface area contributed by atoms with E-state index >= 15 is 0 Å². The summed E-state index contributed by atoms with van der Waals surface area (Å²) in [6, 6.07) is 17.1. The van der Waals surface area contributed by atoms with Crippen LogP contribution < -0.4 is 15.6 Å². The second-order valence-electron chi connectivity index (χ2n) is 6.28. The Bertz CT molecular complexity index is 964. The maximum atomic E-state index is 12.3. The van der Waals surface area contributed by atoms with Gasteiger partial charge in [-0.1, -0.05) is 30.3 Å². The highest BCUT2D eigenvalue weighted by Crippen LogP contribution is 2.19. The van der Waals surface area contributed by atoms with Crippen LogP contribution in [0, 0.1) is 0 Å². The Morgan fingerprint density at radius 3 is 2.65 bits per heavy atom. The minimum absolute atomic E-state index is 0.0638. The number of pyridine rings is 1. The van der Waals surface area contributed by atoms with Crippen LogP contribution in [0.4, 0.5) is 0 Å². The molecule has 1 unspecified atom stereocenters. The number of carbonyl (C=O) groups is 1. The van der Waals surface area contributed by atoms with Crippen LogP contribution in [0.3, 0.4) is 0 Å². The first-order chi connectivity index (χ1) is 12.6. The standard InChI is InChI=1S/C21H22N2O3/c1-14(15-6-4-3-5-7-15)22-20(24)11-9-17-12-16-8-10-18(26-2)13-19(16)23-21(17)25/h3-8,10,12-14H,9,11H2,1-2H3,(H,22,24)(H,23,25). The second kappa shape index (κ2) is 7.87. The van der Waals surface area contributed by atoms with E-state index in [2.05, 4.69) is 10.3 Å². The summed E-state index contributed by atoms with van der Waals surface area (Å²) in [5.74, 6) is 0.616. The van der Waals surface area contributed by atoms with Crippen LogP contribution in [-0.2, 0) is 11.2 Å². The van der Waals surface area contributed by atoms with Crippen molar-refractivity contribution >= 4 is 16.8 Å². The summed E-state index contributed by atoms with van der Waals surface area (Å²) in [5, 5.41) is 3.89. The van der Waals surface area contributed by atoms with Gasteiger partial charge in [0.25, 0.3) is 5.56 Å². The minimum Gasteiger partial charge on any atom is -0.497 e. The molecule has 0 saturated carbocycles. The number of aryl methyl sites for hydroxylation is 1. The van der Waals surface area contributed by atoms with E-state index < -0.39 is 0 Å². The summed E-state index contributed by atoms with van der Waals surface area (Å²) in [7, 11) is 1.59. The molecule has 3 aromatic rings. The lowest BCUT2D eigenvalue weighted by Gasteiger charge is -2.14. The molecule has 1 atom stereocenters. The molecule has 0 aliphatic heterocycles. The van der Waals surface area contributed by atoms with E-state index in [1.165, 1.54) is 0 Å². The van der Waals surface area contributed by atoms with Crippen molar-refractivity contribution in [3.63, 3.8) is 0 Å². The van der Waals surface area contributed by atoms with Crippen molar-refractivity contribution in [1.82, 2.24) is 10.3 Å². The zero-order valence-electron chi connectivity index (χ0n) is 14.9. The van der Waals surface area contributed by atoms with Crippen molar-refractivity contribution in [2.24, 2.45) is 0 Å². The molecule has 0 saturated heterocycles. The molecular formula is C21H22N2O3. The number of benzene rings is 2. The molecule has 0 aliphatic rings. The van der Waals surface area contributed by atoms with E-state index in [4.69, 9.17) is 4.74 Å². The van der Waals surface area contributed by atoms with Gasteiger partial charge in [-0.2, -0.15) is 0 Å². The quantitative estimate of drug-likeness (QED) is 0.716. The molecule has 0 aliphatic carbocycles. The summed E-state index contributed by atoms with van der Waals surface area (Å²) in [6.07, 6.45) is 0.659. The zero-order valence-corrected chi connectivity index (χ0v) is 14.9. The SMILES string of the molecule is COc1ccc2cc(CCC(=O)NC(C)c3ccccc3)c(=O)[nH]c2c1. The number of aromatic amines is 1. The average molecular weight is 350 g/mol. The summed E-state index contributed by atoms with van der Waals surface area (Å²) in [6.45, 7) is 1.95. The van der Waals surface area contributed by atoms with Crippen LogP contribution in [0.2, 0.25) is 0 Å². The zero-order chi connectivity index (χ0) is 18.5. The molecule has 3 rings (SSSR count). The molecule has 0 bridgehead atoms. The highest BCUT2D eigenvalue weighted by atomic mass is 16.5. The van der Waals surface area contributed by atoms with Gasteiger partial charge in [0.15, 0.2) is 0 Å². The van der Waals surface area contributed by atoms with Gasteiger partial charge >= 0.3 is 0 Å². The van der Waals surface area contributed by atoms with E-state index in [1.807, 2.05) is 55.5 Å². The fourth-order valence-electron chi connectivity index (χ4n) is 2.92. The number of methoxy groups -OCH3 is 1. The molecule has 26 heavy (non-hydrogen) atoms. The molecule has 1 amide bonds. The largest absolute Gasteiger partial charge is 0.497 e. The number of H-pyrrole nitrogens is 1. The van der Waals surface area contributed by atoms with Gasteiger partial charge in [-0.25, -0.2) is 0 Å². The summed E-state index contributed by atoms with van der Waals surface area (Å²) in [4.78, 5) is 27.3. The van der Waals surface area contributed by atoms with Gasteiger partial charge in [0.05, 0.1) is 18.7 Å². The number of carbonyl (C=O) groups excluding carboxylic acids is 1. The second-order valence-corrected chi connectivity index (χ2v) is 6.28. The van der Waals surface area contributed by atoms with Gasteiger partial charge in [-0.3, -0.25) is 9.59 Å². The van der Waals surface area contributed by atoms with Gasteiger partial charge in [0.2, 0.25) is 5.91 Å². The van der Waals surface area contributed by atoms with Crippen molar-refractivity contribution in [1.29, 1.82) is 0 Å². The first-order valence-corrected chi connectivity index (χ1v) is 8.61. The first-order valence-electron chi connectivity index (χ1n) is 8.61. The molecular weight excluding hydrogens is 328 g/mol. The molecule has 1 aromatic heterocycles. The Morgan fingerprint density at radius 1 is 1.15 bits per heavy atom. The van der Waals surface area contributed by atoms with Crippen LogP contribution >= 0.6 is 0 Å². The molecule has 0 fully saturated rings. The van der Waals surface area contributed by atoms with Crippen LogP contribution in [0.5, 0.6) is 5.75 Å². The molecule has 2 N–H and O–H groups in total. The maximum absolute atomic E-state index is 12.3. The van der Waals surface area contributed by atoms with Crippen molar-refractivity contribution in [3.8, 4) is 5.75 Å². The molecule has 5 nitrogen and oxygen atoms in total. The molecule has 5 heteroatoms. The Morgan fingerprint density at radius 2 is 1.92 bits per heavy atom. The molecule has 0 spiro atoms. The highest BCUT2D eigenvalue weighted by Gasteiger charge is 2.11. The van der Waals surface area contributed by atoms with E-state index in [1.54, 1.807) is 13.2 Å². The van der Waals surface area contributed by atoms with Crippen molar-refractivity contribution in [2.45, 2.75) is 25.8 Å². The Labute approximate surface area is 152 Å². The summed E-state index contributed by atoms with van der Waals surface area (Å²) >= 11 is 0. The van der Waals surface area contributed by atoms with Gasteiger partial charge in [-0.15, -0.1) is 0 Å². The average Bonchev–Trinajstić information content (AvgIpc) is 2.66. The summed E-state index contributed by atoms with van der Waals surface area (Å²) < 4.78 is 5.17. The van der Waals surface area contributed by atoms with Crippen LogP contribution in [0.1, 0.15) is 30.5 Å². The predicted octanol–water partition coefficient (Wildman–Crippen LogP) is 3.35. The third-order valence-electron chi connectivity index (χ3n) is 4.43. The maximum Gasteiger partial charge on any atom is 0.251 e. The number of fused-ring (bicyclic) bond motifs is 1. The molecule has 1 heterocycles. The number of hydrogen-bond donors (Lipinski definition) is 2. The van der Waals surface area contributed by atoms with Gasteiger partial charge in [-0.05, 0) is 42.5 Å². The number of nitrogens with one attached hydrogen (secondary N) is 2. The smallest absolute Gasteiger partial charge is 0.251 e. The monoisotopic (exact) mass is 350 g/mol. The lowest BCUT2D eigenvalue weighted by atomic mass is 10.1. The number of ether oxygens (including phenoxy) is 1. The third-order valence-corrected chi connectivity index (χ3v) is 4.43.